The first kappa shape index (κ1) is 23.1. The monoisotopic (exact) mass is 410 g/mol. The quantitative estimate of drug-likeness (QED) is 0.562. The van der Waals surface area contributed by atoms with E-state index in [4.69, 9.17) is 0 Å². The van der Waals surface area contributed by atoms with E-state index >= 15 is 0 Å². The first-order valence-electron chi connectivity index (χ1n) is 10.2. The standard InChI is InChI=1S/C23H30N4O3/c1-4-27(5-2)15-14-24-23(30)19-8-12-21(13-9-19)26-22(29)16-18-6-10-20(11-7-18)25-17(3)28/h6-13H,4-5,14-16H2,1-3H3,(H,24,30)(H,25,28)(H,26,29). The molecule has 2 aromatic carbocycles. The minimum atomic E-state index is -0.154. The first-order chi connectivity index (χ1) is 14.4. The van der Waals surface area contributed by atoms with Gasteiger partial charge in [0.05, 0.1) is 6.42 Å². The van der Waals surface area contributed by atoms with Crippen LogP contribution in [0.1, 0.15) is 36.7 Å². The van der Waals surface area contributed by atoms with Crippen molar-refractivity contribution in [2.75, 3.05) is 36.8 Å². The van der Waals surface area contributed by atoms with Crippen LogP contribution in [0.5, 0.6) is 0 Å². The molecule has 0 bridgehead atoms. The van der Waals surface area contributed by atoms with Crippen molar-refractivity contribution in [2.45, 2.75) is 27.2 Å². The minimum absolute atomic E-state index is 0.126. The molecule has 7 nitrogen and oxygen atoms in total. The second-order valence-electron chi connectivity index (χ2n) is 6.96. The van der Waals surface area contributed by atoms with E-state index in [1.54, 1.807) is 48.5 Å². The van der Waals surface area contributed by atoms with Crippen LogP contribution in [-0.2, 0) is 16.0 Å². The summed E-state index contributed by atoms with van der Waals surface area (Å²) in [6.07, 6.45) is 0.216. The molecule has 0 aliphatic heterocycles. The lowest BCUT2D eigenvalue weighted by molar-refractivity contribution is -0.116. The van der Waals surface area contributed by atoms with E-state index in [2.05, 4.69) is 34.7 Å². The Morgan fingerprint density at radius 2 is 1.40 bits per heavy atom. The smallest absolute Gasteiger partial charge is 0.251 e. The van der Waals surface area contributed by atoms with Gasteiger partial charge in [0.15, 0.2) is 0 Å². The summed E-state index contributed by atoms with van der Waals surface area (Å²) in [5.74, 6) is -0.417. The van der Waals surface area contributed by atoms with Gasteiger partial charge in [-0.1, -0.05) is 26.0 Å². The molecular weight excluding hydrogens is 380 g/mol. The maximum Gasteiger partial charge on any atom is 0.251 e. The summed E-state index contributed by atoms with van der Waals surface area (Å²) in [6.45, 7) is 8.97. The number of nitrogens with one attached hydrogen (secondary N) is 3. The number of nitrogens with zero attached hydrogens (tertiary/aromatic N) is 1. The van der Waals surface area contributed by atoms with Crippen LogP contribution in [-0.4, -0.2) is 48.8 Å². The fraction of sp³-hybridized carbons (Fsp3) is 0.348. The molecule has 0 aliphatic rings. The van der Waals surface area contributed by atoms with Crippen LogP contribution in [0.2, 0.25) is 0 Å². The highest BCUT2D eigenvalue weighted by Gasteiger charge is 2.08. The number of amides is 3. The van der Waals surface area contributed by atoms with Crippen molar-refractivity contribution in [3.05, 3.63) is 59.7 Å². The molecule has 30 heavy (non-hydrogen) atoms. The van der Waals surface area contributed by atoms with Gasteiger partial charge in [0.25, 0.3) is 5.91 Å². The Bertz CT molecular complexity index is 844. The van der Waals surface area contributed by atoms with Gasteiger partial charge in [0, 0.05) is 37.0 Å². The Labute approximate surface area is 177 Å². The Hall–Kier alpha value is -3.19. The van der Waals surface area contributed by atoms with E-state index in [1.807, 2.05) is 0 Å². The number of benzene rings is 2. The van der Waals surface area contributed by atoms with Crippen molar-refractivity contribution in [1.82, 2.24) is 10.2 Å². The van der Waals surface area contributed by atoms with Crippen molar-refractivity contribution >= 4 is 29.1 Å². The molecule has 0 saturated heterocycles. The van der Waals surface area contributed by atoms with Gasteiger partial charge in [-0.3, -0.25) is 14.4 Å². The molecule has 7 heteroatoms. The van der Waals surface area contributed by atoms with E-state index in [0.29, 0.717) is 23.5 Å². The average Bonchev–Trinajstić information content (AvgIpc) is 2.72. The van der Waals surface area contributed by atoms with E-state index in [-0.39, 0.29) is 24.1 Å². The van der Waals surface area contributed by atoms with E-state index in [9.17, 15) is 14.4 Å². The molecule has 0 unspecified atom stereocenters. The highest BCUT2D eigenvalue weighted by molar-refractivity contribution is 5.96. The van der Waals surface area contributed by atoms with Crippen LogP contribution in [0.25, 0.3) is 0 Å². The Morgan fingerprint density at radius 1 is 0.833 bits per heavy atom. The van der Waals surface area contributed by atoms with Gasteiger partial charge in [0.1, 0.15) is 0 Å². The molecular formula is C23H30N4O3. The van der Waals surface area contributed by atoms with Gasteiger partial charge in [-0.15, -0.1) is 0 Å². The van der Waals surface area contributed by atoms with Crippen molar-refractivity contribution in [3.8, 4) is 0 Å². The molecule has 0 radical (unpaired) electrons. The minimum Gasteiger partial charge on any atom is -0.351 e. The molecule has 0 heterocycles. The summed E-state index contributed by atoms with van der Waals surface area (Å²) in [6, 6.07) is 14.0. The van der Waals surface area contributed by atoms with Gasteiger partial charge in [-0.2, -0.15) is 0 Å². The third kappa shape index (κ3) is 7.67. The van der Waals surface area contributed by atoms with Gasteiger partial charge < -0.3 is 20.9 Å². The number of rotatable bonds is 10. The lowest BCUT2D eigenvalue weighted by Gasteiger charge is -2.18. The van der Waals surface area contributed by atoms with Gasteiger partial charge in [-0.05, 0) is 55.1 Å². The third-order valence-electron chi connectivity index (χ3n) is 4.68. The normalized spacial score (nSPS) is 10.5. The lowest BCUT2D eigenvalue weighted by atomic mass is 10.1. The summed E-state index contributed by atoms with van der Waals surface area (Å²) in [5, 5.41) is 8.43. The van der Waals surface area contributed by atoms with Gasteiger partial charge >= 0.3 is 0 Å². The zero-order valence-corrected chi connectivity index (χ0v) is 17.8. The molecule has 3 amide bonds. The fourth-order valence-corrected chi connectivity index (χ4v) is 2.97. The zero-order chi connectivity index (χ0) is 21.9. The maximum absolute atomic E-state index is 12.3. The van der Waals surface area contributed by atoms with Crippen LogP contribution in [0.4, 0.5) is 11.4 Å². The summed E-state index contributed by atoms with van der Waals surface area (Å²) in [7, 11) is 0. The van der Waals surface area contributed by atoms with Gasteiger partial charge in [0.2, 0.25) is 11.8 Å². The summed E-state index contributed by atoms with van der Waals surface area (Å²) in [5.41, 5.74) is 2.72. The number of likely N-dealkylation sites (N-methyl/N-ethyl adjacent to an activating group) is 1. The highest BCUT2D eigenvalue weighted by Crippen LogP contribution is 2.13. The van der Waals surface area contributed by atoms with E-state index < -0.39 is 0 Å². The second kappa shape index (κ2) is 11.7. The fourth-order valence-electron chi connectivity index (χ4n) is 2.97. The molecule has 0 aromatic heterocycles. The van der Waals surface area contributed by atoms with Crippen LogP contribution >= 0.6 is 0 Å². The second-order valence-corrected chi connectivity index (χ2v) is 6.96. The van der Waals surface area contributed by atoms with E-state index in [0.717, 1.165) is 25.2 Å². The average molecular weight is 411 g/mol. The van der Waals surface area contributed by atoms with Crippen LogP contribution in [0, 0.1) is 0 Å². The topological polar surface area (TPSA) is 90.5 Å². The van der Waals surface area contributed by atoms with Crippen LogP contribution in [0.15, 0.2) is 48.5 Å². The largest absolute Gasteiger partial charge is 0.351 e. The summed E-state index contributed by atoms with van der Waals surface area (Å²) in [4.78, 5) is 37.8. The van der Waals surface area contributed by atoms with Crippen LogP contribution in [0.3, 0.4) is 0 Å². The molecule has 0 fully saturated rings. The van der Waals surface area contributed by atoms with Crippen molar-refractivity contribution < 1.29 is 14.4 Å². The van der Waals surface area contributed by atoms with Crippen molar-refractivity contribution in [3.63, 3.8) is 0 Å². The molecule has 2 aromatic rings. The SMILES string of the molecule is CCN(CC)CCNC(=O)c1ccc(NC(=O)Cc2ccc(NC(C)=O)cc2)cc1. The highest BCUT2D eigenvalue weighted by atomic mass is 16.2. The molecule has 160 valence electrons. The molecule has 0 spiro atoms. The zero-order valence-electron chi connectivity index (χ0n) is 17.8. The summed E-state index contributed by atoms with van der Waals surface area (Å²) >= 11 is 0. The van der Waals surface area contributed by atoms with E-state index in [1.165, 1.54) is 6.92 Å². The predicted molar refractivity (Wildman–Crippen MR) is 120 cm³/mol. The number of carbonyl (C=O) groups is 3. The van der Waals surface area contributed by atoms with Crippen molar-refractivity contribution in [2.24, 2.45) is 0 Å². The molecule has 0 aliphatic carbocycles. The Balaban J connectivity index is 1.82. The van der Waals surface area contributed by atoms with Crippen molar-refractivity contribution in [1.29, 1.82) is 0 Å². The number of hydrogen-bond acceptors (Lipinski definition) is 4. The number of carbonyl (C=O) groups excluding carboxylic acids is 3. The van der Waals surface area contributed by atoms with Gasteiger partial charge in [-0.25, -0.2) is 0 Å². The molecule has 3 N–H and O–H groups in total. The Morgan fingerprint density at radius 3 is 1.97 bits per heavy atom. The third-order valence-corrected chi connectivity index (χ3v) is 4.68. The number of anilines is 2. The predicted octanol–water partition coefficient (Wildman–Crippen LogP) is 2.90. The first-order valence-corrected chi connectivity index (χ1v) is 10.2. The molecule has 0 atom stereocenters. The Kier molecular flexibility index (Phi) is 9.03. The maximum atomic E-state index is 12.3. The number of hydrogen-bond donors (Lipinski definition) is 3. The molecule has 2 rings (SSSR count). The lowest BCUT2D eigenvalue weighted by Crippen LogP contribution is -2.34. The summed E-state index contributed by atoms with van der Waals surface area (Å²) < 4.78 is 0. The van der Waals surface area contributed by atoms with Crippen LogP contribution < -0.4 is 16.0 Å². The molecule has 0 saturated carbocycles.